The van der Waals surface area contributed by atoms with Crippen molar-refractivity contribution in [2.45, 2.75) is 17.9 Å². The van der Waals surface area contributed by atoms with Gasteiger partial charge < -0.3 is 10.1 Å². The fourth-order valence-corrected chi connectivity index (χ4v) is 2.77. The van der Waals surface area contributed by atoms with Crippen LogP contribution in [0.25, 0.3) is 0 Å². The Hall–Kier alpha value is -2.58. The summed E-state index contributed by atoms with van der Waals surface area (Å²) in [7, 11) is 0. The van der Waals surface area contributed by atoms with Crippen molar-refractivity contribution in [1.29, 1.82) is 0 Å². The van der Waals surface area contributed by atoms with Crippen molar-refractivity contribution >= 4 is 46.6 Å². The lowest BCUT2D eigenvalue weighted by molar-refractivity contribution is -0.387. The number of nitro benzene ring substituents is 1. The van der Waals surface area contributed by atoms with Crippen molar-refractivity contribution in [3.63, 3.8) is 0 Å². The number of carbonyl (C=O) groups is 2. The first kappa shape index (κ1) is 19.7. The number of nitrogens with one attached hydrogen (secondary N) is 1. The van der Waals surface area contributed by atoms with Crippen LogP contribution in [0.4, 0.5) is 11.4 Å². The summed E-state index contributed by atoms with van der Waals surface area (Å²) in [5, 5.41) is 14.0. The molecule has 7 nitrogen and oxygen atoms in total. The zero-order valence-corrected chi connectivity index (χ0v) is 15.5. The Morgan fingerprint density at radius 2 is 1.96 bits per heavy atom. The molecular weight excluding hydrogens is 380 g/mol. The Balaban J connectivity index is 2.09. The predicted octanol–water partition coefficient (Wildman–Crippen LogP) is 4.15. The number of hydrogen-bond acceptors (Lipinski definition) is 6. The minimum absolute atomic E-state index is 0.00751. The van der Waals surface area contributed by atoms with Crippen LogP contribution >= 0.6 is 23.4 Å². The molecule has 0 saturated carbocycles. The van der Waals surface area contributed by atoms with Gasteiger partial charge in [0.05, 0.1) is 26.1 Å². The highest BCUT2D eigenvalue weighted by Gasteiger charge is 2.22. The van der Waals surface area contributed by atoms with Gasteiger partial charge in [-0.3, -0.25) is 14.9 Å². The molecule has 0 aliphatic carbocycles. The van der Waals surface area contributed by atoms with Crippen LogP contribution in [0.1, 0.15) is 17.3 Å². The summed E-state index contributed by atoms with van der Waals surface area (Å²) in [6, 6.07) is 10.7. The van der Waals surface area contributed by atoms with Crippen LogP contribution in [0.15, 0.2) is 47.4 Å². The summed E-state index contributed by atoms with van der Waals surface area (Å²) >= 11 is 7.16. The fourth-order valence-electron chi connectivity index (χ4n) is 2.04. The average molecular weight is 395 g/mol. The first-order valence-electron chi connectivity index (χ1n) is 7.42. The number of nitro groups is 1. The lowest BCUT2D eigenvalue weighted by Crippen LogP contribution is -2.30. The standard InChI is InChI=1S/C17H15ClN2O5S/c1-10(16(21)19-13-6-4-3-5-12(13)18)25-17(22)11-7-8-15(26-2)14(9-11)20(23)24/h3-10H,1-2H3,(H,19,21)/t10-/m0/s1. The second kappa shape index (κ2) is 8.68. The van der Waals surface area contributed by atoms with Gasteiger partial charge in [0.2, 0.25) is 0 Å². The molecule has 0 fully saturated rings. The first-order valence-corrected chi connectivity index (χ1v) is 9.02. The molecule has 9 heteroatoms. The maximum absolute atomic E-state index is 12.2. The third-order valence-electron chi connectivity index (χ3n) is 3.40. The third kappa shape index (κ3) is 4.74. The summed E-state index contributed by atoms with van der Waals surface area (Å²) in [6.45, 7) is 1.40. The Morgan fingerprint density at radius 3 is 2.58 bits per heavy atom. The second-order valence-electron chi connectivity index (χ2n) is 5.16. The number of para-hydroxylation sites is 1. The van der Waals surface area contributed by atoms with Gasteiger partial charge >= 0.3 is 5.97 Å². The summed E-state index contributed by atoms with van der Waals surface area (Å²) in [4.78, 5) is 35.3. The number of ether oxygens (including phenoxy) is 1. The van der Waals surface area contributed by atoms with Crippen LogP contribution < -0.4 is 5.32 Å². The number of nitrogens with zero attached hydrogens (tertiary/aromatic N) is 1. The number of rotatable bonds is 6. The number of amides is 1. The molecule has 1 N–H and O–H groups in total. The van der Waals surface area contributed by atoms with Gasteiger partial charge in [-0.05, 0) is 37.4 Å². The van der Waals surface area contributed by atoms with Gasteiger partial charge in [-0.2, -0.15) is 0 Å². The normalized spacial score (nSPS) is 11.5. The average Bonchev–Trinajstić information content (AvgIpc) is 2.62. The van der Waals surface area contributed by atoms with Crippen molar-refractivity contribution in [3.8, 4) is 0 Å². The van der Waals surface area contributed by atoms with E-state index in [4.69, 9.17) is 16.3 Å². The van der Waals surface area contributed by atoms with E-state index in [0.717, 1.165) is 6.07 Å². The van der Waals surface area contributed by atoms with Crippen LogP contribution in [0.5, 0.6) is 0 Å². The zero-order valence-electron chi connectivity index (χ0n) is 13.9. The van der Waals surface area contributed by atoms with E-state index in [1.165, 1.54) is 30.8 Å². The van der Waals surface area contributed by atoms with E-state index in [0.29, 0.717) is 15.6 Å². The van der Waals surface area contributed by atoms with Gasteiger partial charge in [-0.25, -0.2) is 4.79 Å². The first-order chi connectivity index (χ1) is 12.3. The summed E-state index contributed by atoms with van der Waals surface area (Å²) < 4.78 is 5.10. The molecule has 2 aromatic rings. The largest absolute Gasteiger partial charge is 0.449 e. The van der Waals surface area contributed by atoms with Gasteiger partial charge in [-0.15, -0.1) is 11.8 Å². The summed E-state index contributed by atoms with van der Waals surface area (Å²) in [5.74, 6) is -1.40. The number of hydrogen-bond donors (Lipinski definition) is 1. The topological polar surface area (TPSA) is 98.5 Å². The molecule has 2 rings (SSSR count). The third-order valence-corrected chi connectivity index (χ3v) is 4.51. The Bertz CT molecular complexity index is 859. The van der Waals surface area contributed by atoms with Gasteiger partial charge in [0.15, 0.2) is 6.10 Å². The van der Waals surface area contributed by atoms with E-state index in [-0.39, 0.29) is 11.3 Å². The van der Waals surface area contributed by atoms with Gasteiger partial charge in [0, 0.05) is 6.07 Å². The molecule has 0 bridgehead atoms. The lowest BCUT2D eigenvalue weighted by Gasteiger charge is -2.14. The maximum atomic E-state index is 12.2. The van der Waals surface area contributed by atoms with E-state index in [1.54, 1.807) is 30.5 Å². The van der Waals surface area contributed by atoms with Crippen molar-refractivity contribution in [1.82, 2.24) is 0 Å². The Kier molecular flexibility index (Phi) is 6.59. The molecule has 0 heterocycles. The minimum Gasteiger partial charge on any atom is -0.449 e. The SMILES string of the molecule is CSc1ccc(C(=O)O[C@@H](C)C(=O)Nc2ccccc2Cl)cc1[N+](=O)[O-]. The van der Waals surface area contributed by atoms with Crippen LogP contribution in [-0.2, 0) is 9.53 Å². The maximum Gasteiger partial charge on any atom is 0.339 e. The highest BCUT2D eigenvalue weighted by atomic mass is 35.5. The highest BCUT2D eigenvalue weighted by molar-refractivity contribution is 7.98. The summed E-state index contributed by atoms with van der Waals surface area (Å²) in [6.07, 6.45) is 0.583. The molecule has 0 unspecified atom stereocenters. The molecule has 0 aliphatic rings. The molecule has 1 amide bonds. The highest BCUT2D eigenvalue weighted by Crippen LogP contribution is 2.28. The quantitative estimate of drug-likeness (QED) is 0.342. The van der Waals surface area contributed by atoms with Gasteiger partial charge in [0.1, 0.15) is 0 Å². The second-order valence-corrected chi connectivity index (χ2v) is 6.42. The van der Waals surface area contributed by atoms with Gasteiger partial charge in [-0.1, -0.05) is 23.7 Å². The fraction of sp³-hybridized carbons (Fsp3) is 0.176. The number of halogens is 1. The Labute approximate surface area is 158 Å². The molecule has 0 aliphatic heterocycles. The van der Waals surface area contributed by atoms with Crippen LogP contribution in [0.3, 0.4) is 0 Å². The number of carbonyl (C=O) groups excluding carboxylic acids is 2. The van der Waals surface area contributed by atoms with E-state index < -0.39 is 22.9 Å². The predicted molar refractivity (Wildman–Crippen MR) is 99.8 cm³/mol. The number of esters is 1. The van der Waals surface area contributed by atoms with Crippen molar-refractivity contribution in [3.05, 3.63) is 63.2 Å². The van der Waals surface area contributed by atoms with Crippen LogP contribution in [0, 0.1) is 10.1 Å². The van der Waals surface area contributed by atoms with E-state index in [9.17, 15) is 19.7 Å². The van der Waals surface area contributed by atoms with Crippen LogP contribution in [0.2, 0.25) is 5.02 Å². The number of anilines is 1. The smallest absolute Gasteiger partial charge is 0.339 e. The molecule has 2 aromatic carbocycles. The Morgan fingerprint density at radius 1 is 1.27 bits per heavy atom. The molecule has 0 radical (unpaired) electrons. The summed E-state index contributed by atoms with van der Waals surface area (Å²) in [5.41, 5.74) is 0.189. The minimum atomic E-state index is -1.11. The van der Waals surface area contributed by atoms with Crippen molar-refractivity contribution < 1.29 is 19.2 Å². The molecule has 0 aromatic heterocycles. The monoisotopic (exact) mass is 394 g/mol. The lowest BCUT2D eigenvalue weighted by atomic mass is 10.2. The van der Waals surface area contributed by atoms with E-state index in [2.05, 4.69) is 5.32 Å². The molecule has 1 atom stereocenters. The molecule has 0 spiro atoms. The van der Waals surface area contributed by atoms with Crippen molar-refractivity contribution in [2.75, 3.05) is 11.6 Å². The van der Waals surface area contributed by atoms with Crippen LogP contribution in [-0.4, -0.2) is 29.2 Å². The van der Waals surface area contributed by atoms with Gasteiger partial charge in [0.25, 0.3) is 11.6 Å². The number of thioether (sulfide) groups is 1. The van der Waals surface area contributed by atoms with E-state index >= 15 is 0 Å². The zero-order chi connectivity index (χ0) is 19.3. The van der Waals surface area contributed by atoms with Crippen molar-refractivity contribution in [2.24, 2.45) is 0 Å². The van der Waals surface area contributed by atoms with E-state index in [1.807, 2.05) is 0 Å². The molecule has 136 valence electrons. The molecular formula is C17H15ClN2O5S. The molecule has 26 heavy (non-hydrogen) atoms. The number of benzene rings is 2. The molecule has 0 saturated heterocycles.